The van der Waals surface area contributed by atoms with Crippen LogP contribution in [0.1, 0.15) is 27.2 Å². The topological polar surface area (TPSA) is 80.9 Å². The molecule has 20 heavy (non-hydrogen) atoms. The second kappa shape index (κ2) is 9.03. The number of nitrogens with one attached hydrogen (secondary N) is 2. The van der Waals surface area contributed by atoms with E-state index in [4.69, 9.17) is 15.3 Å². The van der Waals surface area contributed by atoms with Gasteiger partial charge >= 0.3 is 0 Å². The van der Waals surface area contributed by atoms with E-state index in [1.165, 1.54) is 0 Å². The van der Waals surface area contributed by atoms with E-state index in [2.05, 4.69) is 22.7 Å². The van der Waals surface area contributed by atoms with Gasteiger partial charge in [0.1, 0.15) is 11.5 Å². The van der Waals surface area contributed by atoms with E-state index in [0.717, 1.165) is 23.6 Å². The second-order valence-electron chi connectivity index (χ2n) is 4.02. The molecule has 6 nitrogen and oxygen atoms in total. The summed E-state index contributed by atoms with van der Waals surface area (Å²) in [5, 5.41) is 3.12. The molecule has 112 valence electrons. The predicted molar refractivity (Wildman–Crippen MR) is 82.3 cm³/mol. The molecule has 1 aromatic rings. The van der Waals surface area contributed by atoms with E-state index in [1.54, 1.807) is 0 Å². The van der Waals surface area contributed by atoms with Crippen molar-refractivity contribution < 1.29 is 9.47 Å². The van der Waals surface area contributed by atoms with Crippen LogP contribution >= 0.6 is 0 Å². The van der Waals surface area contributed by atoms with Crippen LogP contribution < -0.4 is 26.1 Å². The molecule has 0 atom stereocenters. The number of hydrogen-bond donors (Lipinski definition) is 3. The largest absolute Gasteiger partial charge is 0.494 e. The van der Waals surface area contributed by atoms with Crippen LogP contribution in [-0.4, -0.2) is 25.7 Å². The molecule has 0 spiro atoms. The SMILES string of the molecule is CCCN=C(NN)Nc1cc(OCC)ccc1OCC. The number of hydrogen-bond acceptors (Lipinski definition) is 4. The van der Waals surface area contributed by atoms with Crippen LogP contribution in [0.15, 0.2) is 23.2 Å². The van der Waals surface area contributed by atoms with Gasteiger partial charge in [0, 0.05) is 12.6 Å². The van der Waals surface area contributed by atoms with Crippen molar-refractivity contribution >= 4 is 11.6 Å². The molecule has 0 saturated heterocycles. The smallest absolute Gasteiger partial charge is 0.210 e. The normalized spacial score (nSPS) is 11.1. The Labute approximate surface area is 120 Å². The summed E-state index contributed by atoms with van der Waals surface area (Å²) in [5.74, 6) is 7.47. The molecule has 4 N–H and O–H groups in total. The molecule has 0 aliphatic heterocycles. The first kappa shape index (κ1) is 16.1. The Hall–Kier alpha value is -1.95. The lowest BCUT2D eigenvalue weighted by molar-refractivity contribution is 0.332. The molecule has 0 heterocycles. The summed E-state index contributed by atoms with van der Waals surface area (Å²) >= 11 is 0. The molecule has 1 rings (SSSR count). The molecule has 0 unspecified atom stereocenters. The van der Waals surface area contributed by atoms with Crippen molar-refractivity contribution in [3.05, 3.63) is 18.2 Å². The summed E-state index contributed by atoms with van der Waals surface area (Å²) in [7, 11) is 0. The third-order valence-corrected chi connectivity index (χ3v) is 2.45. The first-order valence-corrected chi connectivity index (χ1v) is 6.92. The second-order valence-corrected chi connectivity index (χ2v) is 4.02. The van der Waals surface area contributed by atoms with Gasteiger partial charge in [-0.2, -0.15) is 0 Å². The van der Waals surface area contributed by atoms with Gasteiger partial charge in [0.25, 0.3) is 0 Å². The number of nitrogens with two attached hydrogens (primary N) is 1. The number of aliphatic imine (C=N–C) groups is 1. The van der Waals surface area contributed by atoms with Gasteiger partial charge < -0.3 is 14.8 Å². The summed E-state index contributed by atoms with van der Waals surface area (Å²) in [6, 6.07) is 5.61. The molecule has 6 heteroatoms. The quantitative estimate of drug-likeness (QED) is 0.308. The van der Waals surface area contributed by atoms with Gasteiger partial charge in [-0.25, -0.2) is 5.84 Å². The van der Waals surface area contributed by atoms with Gasteiger partial charge in [-0.3, -0.25) is 10.4 Å². The van der Waals surface area contributed by atoms with Crippen molar-refractivity contribution in [3.63, 3.8) is 0 Å². The van der Waals surface area contributed by atoms with Crippen LogP contribution in [0.5, 0.6) is 11.5 Å². The number of benzene rings is 1. The van der Waals surface area contributed by atoms with Crippen molar-refractivity contribution in [1.29, 1.82) is 0 Å². The highest BCUT2D eigenvalue weighted by molar-refractivity contribution is 5.94. The van der Waals surface area contributed by atoms with Gasteiger partial charge in [-0.1, -0.05) is 6.92 Å². The third kappa shape index (κ3) is 4.97. The minimum Gasteiger partial charge on any atom is -0.494 e. The van der Waals surface area contributed by atoms with Gasteiger partial charge in [0.2, 0.25) is 5.96 Å². The molecule has 0 aromatic heterocycles. The molecular weight excluding hydrogens is 256 g/mol. The van der Waals surface area contributed by atoms with Crippen LogP contribution in [0.4, 0.5) is 5.69 Å². The standard InChI is InChI=1S/C14H24N4O2/c1-4-9-16-14(18-15)17-12-10-11(19-5-2)7-8-13(12)20-6-3/h7-8,10H,4-6,9,15H2,1-3H3,(H2,16,17,18). The maximum atomic E-state index is 5.58. The number of nitrogens with zero attached hydrogens (tertiary/aromatic N) is 1. The van der Waals surface area contributed by atoms with Crippen LogP contribution in [0.2, 0.25) is 0 Å². The Balaban J connectivity index is 2.95. The number of guanidine groups is 1. The summed E-state index contributed by atoms with van der Waals surface area (Å²) < 4.78 is 11.1. The number of rotatable bonds is 7. The molecule has 1 aromatic carbocycles. The lowest BCUT2D eigenvalue weighted by atomic mass is 10.2. The van der Waals surface area contributed by atoms with Crippen molar-refractivity contribution in [3.8, 4) is 11.5 Å². The number of anilines is 1. The molecule has 0 bridgehead atoms. The molecule has 0 amide bonds. The Morgan fingerprint density at radius 1 is 1.20 bits per heavy atom. The first-order chi connectivity index (χ1) is 9.74. The van der Waals surface area contributed by atoms with Gasteiger partial charge in [-0.15, -0.1) is 0 Å². The van der Waals surface area contributed by atoms with E-state index in [-0.39, 0.29) is 0 Å². The summed E-state index contributed by atoms with van der Waals surface area (Å²) in [6.45, 7) is 7.83. The highest BCUT2D eigenvalue weighted by Crippen LogP contribution is 2.29. The predicted octanol–water partition coefficient (Wildman–Crippen LogP) is 2.13. The fourth-order valence-corrected chi connectivity index (χ4v) is 1.62. The summed E-state index contributed by atoms with van der Waals surface area (Å²) in [4.78, 5) is 4.31. The minimum absolute atomic E-state index is 0.501. The Morgan fingerprint density at radius 3 is 2.55 bits per heavy atom. The highest BCUT2D eigenvalue weighted by Gasteiger charge is 2.08. The maximum Gasteiger partial charge on any atom is 0.210 e. The first-order valence-electron chi connectivity index (χ1n) is 6.92. The Bertz CT molecular complexity index is 435. The van der Waals surface area contributed by atoms with Crippen molar-refractivity contribution in [1.82, 2.24) is 5.43 Å². The molecule has 0 saturated carbocycles. The van der Waals surface area contributed by atoms with E-state index >= 15 is 0 Å². The van der Waals surface area contributed by atoms with Crippen molar-refractivity contribution in [2.24, 2.45) is 10.8 Å². The van der Waals surface area contributed by atoms with Crippen molar-refractivity contribution in [2.75, 3.05) is 25.1 Å². The molecule has 0 aliphatic rings. The summed E-state index contributed by atoms with van der Waals surface area (Å²) in [6.07, 6.45) is 0.949. The third-order valence-electron chi connectivity index (χ3n) is 2.45. The number of hydrazine groups is 1. The fraction of sp³-hybridized carbons (Fsp3) is 0.500. The van der Waals surface area contributed by atoms with E-state index in [0.29, 0.717) is 25.7 Å². The lowest BCUT2D eigenvalue weighted by Gasteiger charge is -2.15. The zero-order valence-electron chi connectivity index (χ0n) is 12.4. The zero-order chi connectivity index (χ0) is 14.8. The van der Waals surface area contributed by atoms with Gasteiger partial charge in [0.15, 0.2) is 0 Å². The summed E-state index contributed by atoms with van der Waals surface area (Å²) in [5.41, 5.74) is 3.32. The van der Waals surface area contributed by atoms with Crippen LogP contribution in [-0.2, 0) is 0 Å². The lowest BCUT2D eigenvalue weighted by Crippen LogP contribution is -2.36. The fourth-order valence-electron chi connectivity index (χ4n) is 1.62. The average molecular weight is 280 g/mol. The average Bonchev–Trinajstić information content (AvgIpc) is 2.46. The monoisotopic (exact) mass is 280 g/mol. The minimum atomic E-state index is 0.501. The van der Waals surface area contributed by atoms with Gasteiger partial charge in [-0.05, 0) is 32.4 Å². The van der Waals surface area contributed by atoms with E-state index in [1.807, 2.05) is 32.0 Å². The van der Waals surface area contributed by atoms with Crippen molar-refractivity contribution in [2.45, 2.75) is 27.2 Å². The molecule has 0 radical (unpaired) electrons. The highest BCUT2D eigenvalue weighted by atomic mass is 16.5. The molecular formula is C14H24N4O2. The number of ether oxygens (including phenoxy) is 2. The van der Waals surface area contributed by atoms with Crippen LogP contribution in [0.25, 0.3) is 0 Å². The molecule has 0 fully saturated rings. The van der Waals surface area contributed by atoms with Crippen LogP contribution in [0, 0.1) is 0 Å². The molecule has 0 aliphatic carbocycles. The van der Waals surface area contributed by atoms with E-state index < -0.39 is 0 Å². The Kier molecular flexibility index (Phi) is 7.27. The maximum absolute atomic E-state index is 5.58. The zero-order valence-corrected chi connectivity index (χ0v) is 12.4. The van der Waals surface area contributed by atoms with Gasteiger partial charge in [0.05, 0.1) is 18.9 Å². The van der Waals surface area contributed by atoms with E-state index in [9.17, 15) is 0 Å². The van der Waals surface area contributed by atoms with Crippen LogP contribution in [0.3, 0.4) is 0 Å². The Morgan fingerprint density at radius 2 is 1.95 bits per heavy atom.